The first kappa shape index (κ1) is 14.1. The van der Waals surface area contributed by atoms with Crippen LogP contribution in [-0.2, 0) is 13.0 Å². The van der Waals surface area contributed by atoms with Crippen molar-refractivity contribution in [2.75, 3.05) is 12.8 Å². The number of benzene rings is 1. The van der Waals surface area contributed by atoms with E-state index in [0.717, 1.165) is 18.7 Å². The van der Waals surface area contributed by atoms with E-state index in [1.54, 1.807) is 0 Å². The lowest BCUT2D eigenvalue weighted by Gasteiger charge is -2.25. The van der Waals surface area contributed by atoms with Gasteiger partial charge in [0.1, 0.15) is 0 Å². The predicted molar refractivity (Wildman–Crippen MR) is 84.5 cm³/mol. The summed E-state index contributed by atoms with van der Waals surface area (Å²) < 4.78 is 0. The van der Waals surface area contributed by atoms with Gasteiger partial charge in [-0.1, -0.05) is 18.2 Å². The van der Waals surface area contributed by atoms with Gasteiger partial charge in [0.2, 0.25) is 0 Å². The Bertz CT molecular complexity index is 520. The van der Waals surface area contributed by atoms with Gasteiger partial charge in [-0.25, -0.2) is 0 Å². The maximum Gasteiger partial charge on any atom is 0.0346 e. The summed E-state index contributed by atoms with van der Waals surface area (Å²) in [5.41, 5.74) is 9.38. The zero-order valence-corrected chi connectivity index (χ0v) is 12.7. The third-order valence-electron chi connectivity index (χ3n) is 3.74. The monoisotopic (exact) mass is 274 g/mol. The molecule has 0 aliphatic heterocycles. The molecule has 3 heteroatoms. The normalized spacial score (nSPS) is 12.8. The molecule has 0 aliphatic carbocycles. The average molecular weight is 274 g/mol. The molecule has 2 nitrogen and oxygen atoms in total. The number of hydrogen-bond acceptors (Lipinski definition) is 3. The minimum Gasteiger partial charge on any atom is -0.399 e. The molecule has 1 heterocycles. The molecule has 0 bridgehead atoms. The average Bonchev–Trinajstić information content (AvgIpc) is 2.87. The van der Waals surface area contributed by atoms with E-state index in [4.69, 9.17) is 5.73 Å². The molecule has 2 rings (SSSR count). The molecule has 0 saturated carbocycles. The Labute approximate surface area is 119 Å². The fraction of sp³-hybridized carbons (Fsp3) is 0.375. The topological polar surface area (TPSA) is 29.3 Å². The van der Waals surface area contributed by atoms with Crippen LogP contribution in [0.15, 0.2) is 35.7 Å². The van der Waals surface area contributed by atoms with Crippen LogP contribution in [0.25, 0.3) is 0 Å². The molecule has 0 fully saturated rings. The number of nitrogens with zero attached hydrogens (tertiary/aromatic N) is 1. The Morgan fingerprint density at radius 1 is 1.26 bits per heavy atom. The Balaban J connectivity index is 2.00. The molecular formula is C16H22N2S. The highest BCUT2D eigenvalue weighted by Gasteiger charge is 2.12. The lowest BCUT2D eigenvalue weighted by atomic mass is 10.1. The molecule has 19 heavy (non-hydrogen) atoms. The van der Waals surface area contributed by atoms with E-state index in [2.05, 4.69) is 49.4 Å². The Kier molecular flexibility index (Phi) is 4.61. The van der Waals surface area contributed by atoms with Crippen LogP contribution in [0, 0.1) is 6.92 Å². The third-order valence-corrected chi connectivity index (χ3v) is 4.64. The van der Waals surface area contributed by atoms with Crippen LogP contribution in [0.2, 0.25) is 0 Å². The Hall–Kier alpha value is -1.32. The van der Waals surface area contributed by atoms with Crippen LogP contribution in [0.3, 0.4) is 0 Å². The van der Waals surface area contributed by atoms with Crippen molar-refractivity contribution in [1.82, 2.24) is 4.90 Å². The molecule has 1 aromatic heterocycles. The van der Waals surface area contributed by atoms with E-state index < -0.39 is 0 Å². The minimum absolute atomic E-state index is 0.527. The van der Waals surface area contributed by atoms with E-state index in [1.807, 2.05) is 23.5 Å². The summed E-state index contributed by atoms with van der Waals surface area (Å²) in [7, 11) is 2.18. The molecule has 102 valence electrons. The van der Waals surface area contributed by atoms with Crippen LogP contribution >= 0.6 is 11.3 Å². The molecule has 0 saturated heterocycles. The summed E-state index contributed by atoms with van der Waals surface area (Å²) >= 11 is 1.83. The number of anilines is 1. The number of nitrogens with two attached hydrogens (primary N) is 1. The van der Waals surface area contributed by atoms with Gasteiger partial charge < -0.3 is 5.73 Å². The molecule has 1 atom stereocenters. The van der Waals surface area contributed by atoms with Crippen molar-refractivity contribution in [2.24, 2.45) is 0 Å². The predicted octanol–water partition coefficient (Wildman–Crippen LogP) is 3.70. The molecule has 0 aliphatic rings. The molecule has 0 amide bonds. The number of hydrogen-bond donors (Lipinski definition) is 1. The van der Waals surface area contributed by atoms with Gasteiger partial charge in [0, 0.05) is 23.2 Å². The van der Waals surface area contributed by atoms with Crippen molar-refractivity contribution in [3.8, 4) is 0 Å². The van der Waals surface area contributed by atoms with Crippen LogP contribution < -0.4 is 5.73 Å². The van der Waals surface area contributed by atoms with Gasteiger partial charge in [-0.15, -0.1) is 11.3 Å². The summed E-state index contributed by atoms with van der Waals surface area (Å²) in [5.74, 6) is 0. The highest BCUT2D eigenvalue weighted by molar-refractivity contribution is 7.09. The summed E-state index contributed by atoms with van der Waals surface area (Å²) in [6.07, 6.45) is 1.11. The molecule has 2 N–H and O–H groups in total. The molecule has 0 radical (unpaired) electrons. The van der Waals surface area contributed by atoms with E-state index >= 15 is 0 Å². The molecule has 1 unspecified atom stereocenters. The standard InChI is InChI=1S/C16H22N2S/c1-12(10-15-7-5-9-19-15)18(3)11-14-6-4-8-16(17)13(14)2/h4-9,12H,10-11,17H2,1-3H3. The largest absolute Gasteiger partial charge is 0.399 e. The van der Waals surface area contributed by atoms with Gasteiger partial charge in [-0.2, -0.15) is 0 Å². The fourth-order valence-electron chi connectivity index (χ4n) is 2.17. The van der Waals surface area contributed by atoms with E-state index in [-0.39, 0.29) is 0 Å². The second-order valence-corrected chi connectivity index (χ2v) is 6.21. The number of likely N-dealkylation sites (N-methyl/N-ethyl adjacent to an activating group) is 1. The van der Waals surface area contributed by atoms with E-state index in [0.29, 0.717) is 6.04 Å². The van der Waals surface area contributed by atoms with Crippen molar-refractivity contribution in [2.45, 2.75) is 32.9 Å². The molecule has 1 aromatic carbocycles. The van der Waals surface area contributed by atoms with E-state index in [9.17, 15) is 0 Å². The van der Waals surface area contributed by atoms with Gasteiger partial charge in [-0.3, -0.25) is 4.90 Å². The lowest BCUT2D eigenvalue weighted by Crippen LogP contribution is -2.30. The van der Waals surface area contributed by atoms with Gasteiger partial charge in [0.25, 0.3) is 0 Å². The van der Waals surface area contributed by atoms with Crippen LogP contribution in [0.1, 0.15) is 22.9 Å². The van der Waals surface area contributed by atoms with Crippen molar-refractivity contribution in [3.05, 3.63) is 51.7 Å². The van der Waals surface area contributed by atoms with Gasteiger partial charge in [0.05, 0.1) is 0 Å². The maximum atomic E-state index is 5.97. The second kappa shape index (κ2) is 6.22. The Morgan fingerprint density at radius 2 is 2.05 bits per heavy atom. The molecular weight excluding hydrogens is 252 g/mol. The highest BCUT2D eigenvalue weighted by atomic mass is 32.1. The Morgan fingerprint density at radius 3 is 2.74 bits per heavy atom. The SMILES string of the molecule is Cc1c(N)cccc1CN(C)C(C)Cc1cccs1. The first-order valence-corrected chi connectivity index (χ1v) is 7.52. The second-order valence-electron chi connectivity index (χ2n) is 5.18. The summed E-state index contributed by atoms with van der Waals surface area (Å²) in [6, 6.07) is 11.0. The van der Waals surface area contributed by atoms with Crippen molar-refractivity contribution in [1.29, 1.82) is 0 Å². The highest BCUT2D eigenvalue weighted by Crippen LogP contribution is 2.19. The maximum absolute atomic E-state index is 5.97. The van der Waals surface area contributed by atoms with Gasteiger partial charge in [0.15, 0.2) is 0 Å². The molecule has 0 spiro atoms. The summed E-state index contributed by atoms with van der Waals surface area (Å²) in [4.78, 5) is 3.84. The van der Waals surface area contributed by atoms with E-state index in [1.165, 1.54) is 16.0 Å². The molecule has 2 aromatic rings. The quantitative estimate of drug-likeness (QED) is 0.842. The van der Waals surface area contributed by atoms with Gasteiger partial charge >= 0.3 is 0 Å². The lowest BCUT2D eigenvalue weighted by molar-refractivity contribution is 0.248. The van der Waals surface area contributed by atoms with Crippen LogP contribution in [0.5, 0.6) is 0 Å². The number of thiophene rings is 1. The third kappa shape index (κ3) is 3.58. The van der Waals surface area contributed by atoms with Crippen LogP contribution in [0.4, 0.5) is 5.69 Å². The zero-order valence-electron chi connectivity index (χ0n) is 11.9. The fourth-order valence-corrected chi connectivity index (χ4v) is 3.00. The van der Waals surface area contributed by atoms with Crippen molar-refractivity contribution in [3.63, 3.8) is 0 Å². The first-order chi connectivity index (χ1) is 9.08. The van der Waals surface area contributed by atoms with Crippen molar-refractivity contribution < 1.29 is 0 Å². The van der Waals surface area contributed by atoms with Crippen LogP contribution in [-0.4, -0.2) is 18.0 Å². The number of nitrogen functional groups attached to an aromatic ring is 1. The minimum atomic E-state index is 0.527. The number of rotatable bonds is 5. The summed E-state index contributed by atoms with van der Waals surface area (Å²) in [6.45, 7) is 5.33. The summed E-state index contributed by atoms with van der Waals surface area (Å²) in [5, 5.41) is 2.14. The zero-order chi connectivity index (χ0) is 13.8. The smallest absolute Gasteiger partial charge is 0.0346 e. The first-order valence-electron chi connectivity index (χ1n) is 6.64. The van der Waals surface area contributed by atoms with Gasteiger partial charge in [-0.05, 0) is 56.0 Å². The van der Waals surface area contributed by atoms with Crippen molar-refractivity contribution >= 4 is 17.0 Å².